The number of anilines is 2. The third kappa shape index (κ3) is 4.97. The van der Waals surface area contributed by atoms with Crippen LogP contribution in [0.15, 0.2) is 48.7 Å². The molecule has 0 spiro atoms. The molecule has 2 aliphatic rings. The number of carbonyl (C=O) groups is 1. The van der Waals surface area contributed by atoms with Gasteiger partial charge in [-0.1, -0.05) is 24.3 Å². The molecule has 38 heavy (non-hydrogen) atoms. The van der Waals surface area contributed by atoms with Crippen LogP contribution in [0.4, 0.5) is 11.6 Å². The normalized spacial score (nSPS) is 16.8. The summed E-state index contributed by atoms with van der Waals surface area (Å²) < 4.78 is 5.59. The Morgan fingerprint density at radius 3 is 2.66 bits per heavy atom. The van der Waals surface area contributed by atoms with E-state index in [-0.39, 0.29) is 11.9 Å². The van der Waals surface area contributed by atoms with Gasteiger partial charge in [0.1, 0.15) is 5.75 Å². The second kappa shape index (κ2) is 10.6. The van der Waals surface area contributed by atoms with Gasteiger partial charge in [0.05, 0.1) is 30.2 Å². The first kappa shape index (κ1) is 25.4. The number of benzene rings is 2. The van der Waals surface area contributed by atoms with E-state index in [1.54, 1.807) is 25.3 Å². The van der Waals surface area contributed by atoms with E-state index < -0.39 is 0 Å². The SMILES string of the molecule is CN/C(=C1\C(=N)CCc2cnc(Nc3ccc(C(=O)NC4CN(C)C4)cc3OC)nc21)c1ccccc1C. The lowest BCUT2D eigenvalue weighted by Gasteiger charge is -2.36. The van der Waals surface area contributed by atoms with Crippen molar-refractivity contribution in [1.29, 1.82) is 5.41 Å². The Morgan fingerprint density at radius 1 is 1.16 bits per heavy atom. The first-order valence-corrected chi connectivity index (χ1v) is 12.7. The van der Waals surface area contributed by atoms with Crippen molar-refractivity contribution in [2.45, 2.75) is 25.8 Å². The second-order valence-electron chi connectivity index (χ2n) is 9.79. The molecule has 9 heteroatoms. The maximum atomic E-state index is 12.7. The molecular weight excluding hydrogens is 478 g/mol. The van der Waals surface area contributed by atoms with Gasteiger partial charge in [-0.2, -0.15) is 0 Å². The van der Waals surface area contributed by atoms with E-state index in [0.717, 1.165) is 46.7 Å². The molecule has 4 N–H and O–H groups in total. The number of carbonyl (C=O) groups excluding carboxylic acids is 1. The molecule has 9 nitrogen and oxygen atoms in total. The summed E-state index contributed by atoms with van der Waals surface area (Å²) in [5.41, 5.74) is 7.30. The van der Waals surface area contributed by atoms with Gasteiger partial charge >= 0.3 is 0 Å². The number of rotatable bonds is 7. The van der Waals surface area contributed by atoms with Crippen LogP contribution in [0.1, 0.15) is 39.2 Å². The maximum Gasteiger partial charge on any atom is 0.251 e. The number of nitrogens with zero attached hydrogens (tertiary/aromatic N) is 3. The average Bonchev–Trinajstić information content (AvgIpc) is 2.90. The van der Waals surface area contributed by atoms with Crippen LogP contribution in [0.25, 0.3) is 11.3 Å². The fourth-order valence-corrected chi connectivity index (χ4v) is 5.03. The molecular formula is C29H33N7O2. The Bertz CT molecular complexity index is 1430. The van der Waals surface area contributed by atoms with Crippen molar-refractivity contribution in [3.8, 4) is 5.75 Å². The standard InChI is InChI=1S/C29H33N7O2/c1-17-7-5-6-8-21(17)27(31-2)25-22(30)11-9-19-14-32-29(35-26(19)25)34-23-12-10-18(13-24(23)38-4)28(37)33-20-15-36(3)16-20/h5-8,10,12-14,20,30-31H,9,11,15-16H2,1-4H3,(H,33,37)(H,32,34,35)/b27-25+,30-22?. The van der Waals surface area contributed by atoms with E-state index in [9.17, 15) is 4.79 Å². The van der Waals surface area contributed by atoms with Crippen LogP contribution >= 0.6 is 0 Å². The topological polar surface area (TPSA) is 115 Å². The van der Waals surface area contributed by atoms with Gasteiger partial charge in [-0.05, 0) is 56.1 Å². The predicted octanol–water partition coefficient (Wildman–Crippen LogP) is 3.63. The van der Waals surface area contributed by atoms with Gasteiger partial charge < -0.3 is 31.0 Å². The van der Waals surface area contributed by atoms with Gasteiger partial charge in [0.25, 0.3) is 5.91 Å². The highest BCUT2D eigenvalue weighted by atomic mass is 16.5. The van der Waals surface area contributed by atoms with Crippen molar-refractivity contribution in [3.63, 3.8) is 0 Å². The van der Waals surface area contributed by atoms with E-state index in [1.807, 2.05) is 32.4 Å². The largest absolute Gasteiger partial charge is 0.495 e. The highest BCUT2D eigenvalue weighted by molar-refractivity contribution is 6.29. The van der Waals surface area contributed by atoms with Crippen molar-refractivity contribution in [2.75, 3.05) is 39.6 Å². The molecule has 1 saturated heterocycles. The molecule has 0 atom stereocenters. The van der Waals surface area contributed by atoms with Crippen molar-refractivity contribution in [1.82, 2.24) is 25.5 Å². The van der Waals surface area contributed by atoms with E-state index in [4.69, 9.17) is 15.1 Å². The van der Waals surface area contributed by atoms with Crippen molar-refractivity contribution in [3.05, 3.63) is 76.6 Å². The van der Waals surface area contributed by atoms with Gasteiger partial charge in [0.2, 0.25) is 5.95 Å². The first-order valence-electron chi connectivity index (χ1n) is 12.7. The summed E-state index contributed by atoms with van der Waals surface area (Å²) in [6.07, 6.45) is 3.17. The summed E-state index contributed by atoms with van der Waals surface area (Å²) in [4.78, 5) is 24.3. The smallest absolute Gasteiger partial charge is 0.251 e. The molecule has 1 fully saturated rings. The second-order valence-corrected chi connectivity index (χ2v) is 9.79. The minimum Gasteiger partial charge on any atom is -0.495 e. The van der Waals surface area contributed by atoms with Crippen LogP contribution in [0.2, 0.25) is 0 Å². The van der Waals surface area contributed by atoms with Crippen molar-refractivity contribution >= 4 is 34.5 Å². The van der Waals surface area contributed by atoms with Crippen LogP contribution in [-0.2, 0) is 6.42 Å². The number of hydrogen-bond acceptors (Lipinski definition) is 8. The molecule has 2 heterocycles. The van der Waals surface area contributed by atoms with Crippen molar-refractivity contribution in [2.24, 2.45) is 0 Å². The molecule has 0 saturated carbocycles. The number of allylic oxidation sites excluding steroid dienone is 1. The zero-order valence-corrected chi connectivity index (χ0v) is 22.2. The lowest BCUT2D eigenvalue weighted by Crippen LogP contribution is -2.57. The molecule has 5 rings (SSSR count). The molecule has 1 aliphatic carbocycles. The molecule has 1 aromatic heterocycles. The summed E-state index contributed by atoms with van der Waals surface area (Å²) >= 11 is 0. The number of likely N-dealkylation sites (tertiary alicyclic amines) is 1. The summed E-state index contributed by atoms with van der Waals surface area (Å²) in [6.45, 7) is 3.77. The number of aromatic nitrogens is 2. The molecule has 0 radical (unpaired) electrons. The van der Waals surface area contributed by atoms with Gasteiger partial charge in [-0.3, -0.25) is 4.79 Å². The number of likely N-dealkylation sites (N-methyl/N-ethyl adjacent to an activating group) is 1. The lowest BCUT2D eigenvalue weighted by atomic mass is 9.87. The third-order valence-electron chi connectivity index (χ3n) is 7.07. The van der Waals surface area contributed by atoms with Gasteiger partial charge in [0, 0.05) is 48.7 Å². The Labute approximate surface area is 222 Å². The van der Waals surface area contributed by atoms with Crippen LogP contribution in [-0.4, -0.2) is 66.8 Å². The third-order valence-corrected chi connectivity index (χ3v) is 7.07. The summed E-state index contributed by atoms with van der Waals surface area (Å²) in [5, 5.41) is 18.4. The monoisotopic (exact) mass is 511 g/mol. The summed E-state index contributed by atoms with van der Waals surface area (Å²) in [7, 11) is 5.47. The van der Waals surface area contributed by atoms with Gasteiger partial charge in [-0.25, -0.2) is 9.97 Å². The molecule has 3 aromatic rings. The highest BCUT2D eigenvalue weighted by Gasteiger charge is 2.27. The summed E-state index contributed by atoms with van der Waals surface area (Å²) in [5.74, 6) is 0.787. The first-order chi connectivity index (χ1) is 18.4. The molecule has 1 amide bonds. The number of fused-ring (bicyclic) bond motifs is 1. The number of amides is 1. The molecule has 1 aliphatic heterocycles. The quantitative estimate of drug-likeness (QED) is 0.383. The minimum atomic E-state index is -0.123. The van der Waals surface area contributed by atoms with Gasteiger partial charge in [-0.15, -0.1) is 0 Å². The average molecular weight is 512 g/mol. The number of methoxy groups -OCH3 is 1. The Morgan fingerprint density at radius 2 is 1.95 bits per heavy atom. The molecule has 2 aromatic carbocycles. The van der Waals surface area contributed by atoms with Crippen LogP contribution in [0, 0.1) is 12.3 Å². The number of nitrogens with one attached hydrogen (secondary N) is 4. The van der Waals surface area contributed by atoms with E-state index in [0.29, 0.717) is 41.5 Å². The van der Waals surface area contributed by atoms with Crippen LogP contribution in [0.5, 0.6) is 5.75 Å². The van der Waals surface area contributed by atoms with E-state index in [2.05, 4.69) is 44.9 Å². The fourth-order valence-electron chi connectivity index (χ4n) is 5.03. The zero-order valence-electron chi connectivity index (χ0n) is 22.2. The summed E-state index contributed by atoms with van der Waals surface area (Å²) in [6, 6.07) is 13.6. The zero-order chi connectivity index (χ0) is 26.8. The Hall–Kier alpha value is -4.24. The van der Waals surface area contributed by atoms with E-state index in [1.165, 1.54) is 0 Å². The lowest BCUT2D eigenvalue weighted by molar-refractivity contribution is 0.0857. The van der Waals surface area contributed by atoms with Crippen molar-refractivity contribution < 1.29 is 9.53 Å². The van der Waals surface area contributed by atoms with Gasteiger partial charge in [0.15, 0.2) is 0 Å². The highest BCUT2D eigenvalue weighted by Crippen LogP contribution is 2.34. The Balaban J connectivity index is 1.46. The predicted molar refractivity (Wildman–Crippen MR) is 150 cm³/mol. The molecule has 196 valence electrons. The van der Waals surface area contributed by atoms with E-state index >= 15 is 0 Å². The van der Waals surface area contributed by atoms with Crippen LogP contribution < -0.4 is 20.7 Å². The number of aryl methyl sites for hydroxylation is 2. The fraction of sp³-hybridized carbons (Fsp3) is 0.310. The molecule has 0 unspecified atom stereocenters. The number of ether oxygens (including phenoxy) is 1. The molecule has 0 bridgehead atoms. The maximum absolute atomic E-state index is 12.7. The van der Waals surface area contributed by atoms with Crippen LogP contribution in [0.3, 0.4) is 0 Å². The minimum absolute atomic E-state index is 0.123. The number of hydrogen-bond donors (Lipinski definition) is 4. The Kier molecular flexibility index (Phi) is 7.11.